The van der Waals surface area contributed by atoms with Crippen LogP contribution in [0.25, 0.3) is 0 Å². The Morgan fingerprint density at radius 2 is 2.23 bits per heavy atom. The second-order valence-electron chi connectivity index (χ2n) is 6.79. The van der Waals surface area contributed by atoms with Crippen molar-refractivity contribution in [2.24, 2.45) is 0 Å². The smallest absolute Gasteiger partial charge is 0.164 e. The first-order chi connectivity index (χ1) is 10.3. The van der Waals surface area contributed by atoms with E-state index in [-0.39, 0.29) is 18.5 Å². The molecule has 0 aromatic rings. The van der Waals surface area contributed by atoms with Crippen molar-refractivity contribution in [1.82, 2.24) is 0 Å². The van der Waals surface area contributed by atoms with Crippen LogP contribution in [0, 0.1) is 0 Å². The number of epoxide rings is 2. The molecule has 5 atom stereocenters. The van der Waals surface area contributed by atoms with Crippen molar-refractivity contribution in [3.63, 3.8) is 0 Å². The van der Waals surface area contributed by atoms with Crippen molar-refractivity contribution in [1.29, 1.82) is 0 Å². The maximum atomic E-state index is 12.2. The molecule has 5 unspecified atom stereocenters. The Hall–Kier alpha value is -0.790. The highest BCUT2D eigenvalue weighted by molar-refractivity contribution is 5.87. The van der Waals surface area contributed by atoms with Crippen LogP contribution in [0.5, 0.6) is 0 Å². The summed E-state index contributed by atoms with van der Waals surface area (Å²) in [6, 6.07) is 0. The van der Waals surface area contributed by atoms with Crippen molar-refractivity contribution in [2.75, 3.05) is 20.3 Å². The fourth-order valence-corrected chi connectivity index (χ4v) is 3.83. The van der Waals surface area contributed by atoms with Gasteiger partial charge in [-0.1, -0.05) is 11.6 Å². The summed E-state index contributed by atoms with van der Waals surface area (Å²) < 4.78 is 16.7. The van der Waals surface area contributed by atoms with Gasteiger partial charge in [0.15, 0.2) is 11.4 Å². The molecule has 2 heterocycles. The third-order valence-corrected chi connectivity index (χ3v) is 5.50. The van der Waals surface area contributed by atoms with Gasteiger partial charge < -0.3 is 24.4 Å². The lowest BCUT2D eigenvalue weighted by atomic mass is 9.65. The van der Waals surface area contributed by atoms with Gasteiger partial charge in [-0.05, 0) is 26.7 Å². The van der Waals surface area contributed by atoms with Gasteiger partial charge >= 0.3 is 0 Å². The third-order valence-electron chi connectivity index (χ3n) is 5.50. The number of methoxy groups -OCH3 is 1. The Morgan fingerprint density at radius 3 is 2.77 bits per heavy atom. The topological polar surface area (TPSA) is 91.8 Å². The van der Waals surface area contributed by atoms with Gasteiger partial charge in [0, 0.05) is 13.5 Å². The van der Waals surface area contributed by atoms with Gasteiger partial charge in [0.05, 0.1) is 19.3 Å². The first-order valence-electron chi connectivity index (χ1n) is 7.71. The van der Waals surface area contributed by atoms with Crippen LogP contribution in [0.15, 0.2) is 11.6 Å². The van der Waals surface area contributed by atoms with Crippen LogP contribution in [0.3, 0.4) is 0 Å². The molecule has 6 heteroatoms. The molecular weight excluding hydrogens is 288 g/mol. The van der Waals surface area contributed by atoms with Gasteiger partial charge in [-0.15, -0.1) is 0 Å². The SMILES string of the molecule is COC1C(=O)CCC2(CO2)C1(O)C1(C)OC1CC=C(C)CO. The minimum absolute atomic E-state index is 0.0000667. The zero-order chi connectivity index (χ0) is 16.2. The molecule has 3 fully saturated rings. The number of ketones is 1. The van der Waals surface area contributed by atoms with Gasteiger partial charge in [0.25, 0.3) is 0 Å². The zero-order valence-corrected chi connectivity index (χ0v) is 13.3. The van der Waals surface area contributed by atoms with Crippen molar-refractivity contribution in [3.05, 3.63) is 11.6 Å². The number of hydrogen-bond donors (Lipinski definition) is 2. The number of carbonyl (C=O) groups excluding carboxylic acids is 1. The molecule has 0 amide bonds. The molecule has 2 N–H and O–H groups in total. The highest BCUT2D eigenvalue weighted by Gasteiger charge is 2.81. The van der Waals surface area contributed by atoms with Crippen LogP contribution in [0.4, 0.5) is 0 Å². The molecule has 0 radical (unpaired) electrons. The molecule has 124 valence electrons. The van der Waals surface area contributed by atoms with Crippen molar-refractivity contribution in [3.8, 4) is 0 Å². The molecule has 1 spiro atoms. The highest BCUT2D eigenvalue weighted by Crippen LogP contribution is 2.61. The van der Waals surface area contributed by atoms with E-state index in [2.05, 4.69) is 0 Å². The molecule has 0 aromatic heterocycles. The molecule has 2 saturated heterocycles. The van der Waals surface area contributed by atoms with Gasteiger partial charge in [0.2, 0.25) is 0 Å². The Labute approximate surface area is 130 Å². The summed E-state index contributed by atoms with van der Waals surface area (Å²) in [7, 11) is 1.44. The number of carbonyl (C=O) groups is 1. The maximum absolute atomic E-state index is 12.2. The lowest BCUT2D eigenvalue weighted by Gasteiger charge is -2.45. The molecule has 1 aliphatic carbocycles. The van der Waals surface area contributed by atoms with E-state index >= 15 is 0 Å². The summed E-state index contributed by atoms with van der Waals surface area (Å²) in [5.41, 5.74) is -2.24. The van der Waals surface area contributed by atoms with Gasteiger partial charge in [-0.2, -0.15) is 0 Å². The van der Waals surface area contributed by atoms with Crippen LogP contribution in [0.1, 0.15) is 33.1 Å². The standard InChI is InChI=1S/C16H24O6/c1-10(8-17)4-5-12-14(2,22-12)16(19)13(20-3)11(18)6-7-15(16)9-21-15/h4,12-13,17,19H,5-9H2,1-3H3. The quantitative estimate of drug-likeness (QED) is 0.562. The van der Waals surface area contributed by atoms with E-state index in [0.717, 1.165) is 5.57 Å². The van der Waals surface area contributed by atoms with Crippen molar-refractivity contribution in [2.45, 2.75) is 62.1 Å². The minimum Gasteiger partial charge on any atom is -0.392 e. The predicted molar refractivity (Wildman–Crippen MR) is 77.4 cm³/mol. The molecule has 0 aromatic carbocycles. The number of aliphatic hydroxyl groups is 2. The van der Waals surface area contributed by atoms with Crippen molar-refractivity contribution >= 4 is 5.78 Å². The lowest BCUT2D eigenvalue weighted by molar-refractivity contribution is -0.193. The number of aliphatic hydroxyl groups excluding tert-OH is 1. The summed E-state index contributed by atoms with van der Waals surface area (Å²) in [5, 5.41) is 20.5. The monoisotopic (exact) mass is 312 g/mol. The van der Waals surface area contributed by atoms with Gasteiger partial charge in [0.1, 0.15) is 17.3 Å². The second kappa shape index (κ2) is 5.11. The summed E-state index contributed by atoms with van der Waals surface area (Å²) >= 11 is 0. The van der Waals surface area contributed by atoms with E-state index in [9.17, 15) is 9.90 Å². The number of hydrogen-bond acceptors (Lipinski definition) is 6. The lowest BCUT2D eigenvalue weighted by Crippen LogP contribution is -2.69. The molecule has 2 aliphatic heterocycles. The third kappa shape index (κ3) is 2.02. The maximum Gasteiger partial charge on any atom is 0.164 e. The van der Waals surface area contributed by atoms with E-state index in [1.807, 2.05) is 19.9 Å². The number of ether oxygens (including phenoxy) is 3. The summed E-state index contributed by atoms with van der Waals surface area (Å²) in [6.45, 7) is 4.07. The fourth-order valence-electron chi connectivity index (χ4n) is 3.83. The fraction of sp³-hybridized carbons (Fsp3) is 0.812. The van der Waals surface area contributed by atoms with E-state index in [4.69, 9.17) is 19.3 Å². The first-order valence-corrected chi connectivity index (χ1v) is 7.71. The average Bonchev–Trinajstić information content (AvgIpc) is 3.39. The zero-order valence-electron chi connectivity index (χ0n) is 13.3. The Kier molecular flexibility index (Phi) is 3.73. The molecular formula is C16H24O6. The van der Waals surface area contributed by atoms with E-state index < -0.39 is 22.9 Å². The number of Topliss-reactive ketones (excluding diaryl/α,β-unsaturated/α-hetero) is 1. The Morgan fingerprint density at radius 1 is 1.55 bits per heavy atom. The normalized spacial score (nSPS) is 47.9. The number of rotatable bonds is 5. The molecule has 3 rings (SSSR count). The Bertz CT molecular complexity index is 511. The Balaban J connectivity index is 1.86. The van der Waals surface area contributed by atoms with Crippen LogP contribution in [-0.4, -0.2) is 65.3 Å². The van der Waals surface area contributed by atoms with Gasteiger partial charge in [-0.25, -0.2) is 0 Å². The van der Waals surface area contributed by atoms with Crippen LogP contribution in [-0.2, 0) is 19.0 Å². The second-order valence-corrected chi connectivity index (χ2v) is 6.79. The predicted octanol–water partition coefficient (Wildman–Crippen LogP) is 0.351. The molecule has 0 bridgehead atoms. The molecule has 1 saturated carbocycles. The molecule has 3 aliphatic rings. The van der Waals surface area contributed by atoms with E-state index in [0.29, 0.717) is 25.9 Å². The summed E-state index contributed by atoms with van der Waals surface area (Å²) in [6.07, 6.45) is 2.17. The van der Waals surface area contributed by atoms with Crippen LogP contribution < -0.4 is 0 Å². The van der Waals surface area contributed by atoms with E-state index in [1.54, 1.807) is 0 Å². The average molecular weight is 312 g/mol. The minimum atomic E-state index is -1.48. The summed E-state index contributed by atoms with van der Waals surface area (Å²) in [4.78, 5) is 12.2. The van der Waals surface area contributed by atoms with Crippen LogP contribution in [0.2, 0.25) is 0 Å². The largest absolute Gasteiger partial charge is 0.392 e. The molecule has 22 heavy (non-hydrogen) atoms. The summed E-state index contributed by atoms with van der Waals surface area (Å²) in [5.74, 6) is -0.108. The van der Waals surface area contributed by atoms with Gasteiger partial charge in [-0.3, -0.25) is 4.79 Å². The highest BCUT2D eigenvalue weighted by atomic mass is 16.7. The molecule has 6 nitrogen and oxygen atoms in total. The van der Waals surface area contributed by atoms with Crippen molar-refractivity contribution < 1.29 is 29.2 Å². The van der Waals surface area contributed by atoms with Crippen LogP contribution >= 0.6 is 0 Å². The first kappa shape index (κ1) is 16.1. The van der Waals surface area contributed by atoms with E-state index in [1.165, 1.54) is 7.11 Å².